The molecule has 0 aromatic heterocycles. The van der Waals surface area contributed by atoms with E-state index in [1.54, 1.807) is 36.4 Å². The molecule has 9 heteroatoms. The van der Waals surface area contributed by atoms with Crippen molar-refractivity contribution in [2.75, 3.05) is 25.7 Å². The summed E-state index contributed by atoms with van der Waals surface area (Å²) in [5.74, 6) is 1.13. The molecular weight excluding hydrogens is 387 g/mol. The molecule has 7 nitrogen and oxygen atoms in total. The fourth-order valence-electron chi connectivity index (χ4n) is 1.24. The molecule has 2 atom stereocenters. The summed E-state index contributed by atoms with van der Waals surface area (Å²) in [5, 5.41) is 42.3. The summed E-state index contributed by atoms with van der Waals surface area (Å²) in [6.45, 7) is -0.392. The summed E-state index contributed by atoms with van der Waals surface area (Å²) >= 11 is 5.04. The van der Waals surface area contributed by atoms with E-state index in [0.717, 1.165) is 0 Å². The van der Waals surface area contributed by atoms with E-state index in [4.69, 9.17) is 41.9 Å². The second kappa shape index (κ2) is 21.4. The molecular formula is C18H26ClNaO7. The van der Waals surface area contributed by atoms with E-state index in [2.05, 4.69) is 0 Å². The molecule has 0 aliphatic heterocycles. The first kappa shape index (κ1) is 30.8. The number of aliphatic hydroxyl groups is 4. The number of aromatic hydroxyl groups is 1. The van der Waals surface area contributed by atoms with Crippen molar-refractivity contribution in [3.8, 4) is 11.5 Å². The van der Waals surface area contributed by atoms with Gasteiger partial charge >= 0.3 is 29.6 Å². The Balaban J connectivity index is -0.000000333. The van der Waals surface area contributed by atoms with E-state index >= 15 is 0 Å². The Bertz CT molecular complexity index is 516. The molecule has 148 valence electrons. The summed E-state index contributed by atoms with van der Waals surface area (Å²) < 4.78 is 5.15. The smallest absolute Gasteiger partial charge is 0.870 e. The van der Waals surface area contributed by atoms with Gasteiger partial charge in [-0.3, -0.25) is 0 Å². The van der Waals surface area contributed by atoms with Gasteiger partial charge < -0.3 is 35.7 Å². The van der Waals surface area contributed by atoms with Gasteiger partial charge in [-0.2, -0.15) is 0 Å². The molecule has 0 aliphatic carbocycles. The normalized spacial score (nSPS) is 11.0. The minimum Gasteiger partial charge on any atom is -0.870 e. The van der Waals surface area contributed by atoms with Crippen molar-refractivity contribution in [3.05, 3.63) is 60.7 Å². The predicted molar refractivity (Wildman–Crippen MR) is 98.9 cm³/mol. The maximum atomic E-state index is 8.94. The van der Waals surface area contributed by atoms with Crippen LogP contribution in [-0.2, 0) is 0 Å². The Morgan fingerprint density at radius 1 is 0.815 bits per heavy atom. The van der Waals surface area contributed by atoms with Crippen molar-refractivity contribution in [2.45, 2.75) is 12.2 Å². The molecule has 2 unspecified atom stereocenters. The molecule has 0 bridgehead atoms. The Morgan fingerprint density at radius 3 is 1.56 bits per heavy atom. The van der Waals surface area contributed by atoms with Gasteiger partial charge in [-0.15, -0.1) is 11.6 Å². The fourth-order valence-corrected chi connectivity index (χ4v) is 1.34. The van der Waals surface area contributed by atoms with Crippen LogP contribution in [0.1, 0.15) is 0 Å². The number of halogens is 1. The quantitative estimate of drug-likeness (QED) is 0.279. The van der Waals surface area contributed by atoms with Crippen molar-refractivity contribution >= 4 is 11.6 Å². The topological polar surface area (TPSA) is 140 Å². The number of rotatable bonds is 6. The van der Waals surface area contributed by atoms with Gasteiger partial charge in [0.05, 0.1) is 25.2 Å². The number of alkyl halides is 1. The van der Waals surface area contributed by atoms with Crippen LogP contribution in [0.5, 0.6) is 11.5 Å². The number of hydrogen-bond acceptors (Lipinski definition) is 7. The van der Waals surface area contributed by atoms with Gasteiger partial charge in [-0.25, -0.2) is 0 Å². The summed E-state index contributed by atoms with van der Waals surface area (Å²) in [4.78, 5) is 0. The molecule has 0 aliphatic rings. The van der Waals surface area contributed by atoms with Crippen molar-refractivity contribution in [2.24, 2.45) is 0 Å². The molecule has 0 fully saturated rings. The van der Waals surface area contributed by atoms with Gasteiger partial charge in [0.15, 0.2) is 0 Å². The predicted octanol–water partition coefficient (Wildman–Crippen LogP) is -1.78. The number of hydrogen-bond donors (Lipinski definition) is 5. The number of ether oxygens (including phenoxy) is 1. The summed E-state index contributed by atoms with van der Waals surface area (Å²) in [6.07, 6.45) is -1.54. The van der Waals surface area contributed by atoms with Crippen molar-refractivity contribution in [3.63, 3.8) is 0 Å². The minimum absolute atomic E-state index is 0. The van der Waals surface area contributed by atoms with Crippen LogP contribution in [0.3, 0.4) is 0 Å². The molecule has 2 rings (SSSR count). The van der Waals surface area contributed by atoms with E-state index in [0.29, 0.717) is 11.5 Å². The first-order valence-corrected chi connectivity index (χ1v) is 8.12. The molecule has 0 amide bonds. The molecule has 6 N–H and O–H groups in total. The van der Waals surface area contributed by atoms with Gasteiger partial charge in [0.1, 0.15) is 24.2 Å². The average Bonchev–Trinajstić information content (AvgIpc) is 2.67. The second-order valence-corrected chi connectivity index (χ2v) is 5.10. The van der Waals surface area contributed by atoms with Gasteiger partial charge in [0, 0.05) is 0 Å². The molecule has 2 aromatic rings. The summed E-state index contributed by atoms with van der Waals surface area (Å²) in [5.41, 5.74) is 0. The van der Waals surface area contributed by atoms with Gasteiger partial charge in [-0.05, 0) is 24.3 Å². The first-order valence-electron chi connectivity index (χ1n) is 7.59. The molecule has 27 heavy (non-hydrogen) atoms. The Hall–Kier alpha value is -0.870. The molecule has 0 radical (unpaired) electrons. The number of para-hydroxylation sites is 2. The molecule has 0 heterocycles. The third kappa shape index (κ3) is 19.7. The van der Waals surface area contributed by atoms with Crippen LogP contribution in [0.15, 0.2) is 60.7 Å². The van der Waals surface area contributed by atoms with Crippen molar-refractivity contribution in [1.29, 1.82) is 0 Å². The number of phenolic OH excluding ortho intramolecular Hbond substituents is 1. The Kier molecular flexibility index (Phi) is 24.5. The van der Waals surface area contributed by atoms with Gasteiger partial charge in [0.25, 0.3) is 0 Å². The Labute approximate surface area is 186 Å². The first-order chi connectivity index (χ1) is 12.0. The zero-order valence-corrected chi connectivity index (χ0v) is 18.0. The maximum Gasteiger partial charge on any atom is 1.00 e. The monoisotopic (exact) mass is 412 g/mol. The van der Waals surface area contributed by atoms with Gasteiger partial charge in [0.2, 0.25) is 0 Å². The van der Waals surface area contributed by atoms with Crippen LogP contribution in [-0.4, -0.2) is 68.9 Å². The molecule has 0 saturated carbocycles. The third-order valence-electron chi connectivity index (χ3n) is 2.54. The number of benzene rings is 2. The maximum absolute atomic E-state index is 8.94. The van der Waals surface area contributed by atoms with E-state index in [1.807, 2.05) is 24.3 Å². The summed E-state index contributed by atoms with van der Waals surface area (Å²) in [6, 6.07) is 17.9. The van der Waals surface area contributed by atoms with Crippen LogP contribution < -0.4 is 34.3 Å². The number of phenols is 1. The van der Waals surface area contributed by atoms with Crippen LogP contribution in [0.25, 0.3) is 0 Å². The summed E-state index contributed by atoms with van der Waals surface area (Å²) in [7, 11) is 0. The van der Waals surface area contributed by atoms with Crippen molar-refractivity contribution < 1.29 is 65.3 Å². The average molecular weight is 413 g/mol. The van der Waals surface area contributed by atoms with Crippen LogP contribution in [0.2, 0.25) is 0 Å². The zero-order chi connectivity index (χ0) is 18.9. The number of aliphatic hydroxyl groups excluding tert-OH is 4. The van der Waals surface area contributed by atoms with Gasteiger partial charge in [-0.1, -0.05) is 36.4 Å². The van der Waals surface area contributed by atoms with E-state index in [-0.39, 0.29) is 60.7 Å². The zero-order valence-electron chi connectivity index (χ0n) is 15.2. The molecule has 0 spiro atoms. The van der Waals surface area contributed by atoms with E-state index < -0.39 is 12.2 Å². The van der Waals surface area contributed by atoms with Crippen LogP contribution in [0, 0.1) is 0 Å². The molecule has 2 aromatic carbocycles. The molecule has 0 saturated heterocycles. The minimum atomic E-state index is -0.801. The van der Waals surface area contributed by atoms with Crippen LogP contribution >= 0.6 is 11.6 Å². The largest absolute Gasteiger partial charge is 1.00 e. The van der Waals surface area contributed by atoms with E-state index in [1.165, 1.54) is 0 Å². The Morgan fingerprint density at radius 2 is 1.26 bits per heavy atom. The SMILES string of the molecule is OCC(O)CCl.OCC(O)COc1ccccc1.Oc1ccccc1.[Na+].[OH-]. The van der Waals surface area contributed by atoms with Crippen LogP contribution in [0.4, 0.5) is 0 Å². The van der Waals surface area contributed by atoms with E-state index in [9.17, 15) is 0 Å². The third-order valence-corrected chi connectivity index (χ3v) is 2.90. The fraction of sp³-hybridized carbons (Fsp3) is 0.333. The standard InChI is InChI=1S/C9H12O3.C6H6O.C3H7ClO2.Na.H2O/c10-6-8(11)7-12-9-4-2-1-3-5-9;7-6-4-2-1-3-5-6;4-1-3(6)2-5;;/h1-5,8,10-11H,6-7H2;1-5,7H;3,5-6H,1-2H2;;1H2/q;;;+1;/p-1. The van der Waals surface area contributed by atoms with Crippen molar-refractivity contribution in [1.82, 2.24) is 0 Å². The second-order valence-electron chi connectivity index (χ2n) is 4.79.